The minimum atomic E-state index is 0.349. The fourth-order valence-electron chi connectivity index (χ4n) is 1.25. The average molecular weight is 154 g/mol. The zero-order valence-corrected chi connectivity index (χ0v) is 7.87. The van der Waals surface area contributed by atoms with Gasteiger partial charge in [0.1, 0.15) is 0 Å². The Morgan fingerprint density at radius 2 is 1.27 bits per heavy atom. The van der Waals surface area contributed by atoms with Gasteiger partial charge in [0.25, 0.3) is 0 Å². The Bertz CT molecular complexity index is 131. The summed E-state index contributed by atoms with van der Waals surface area (Å²) in [7, 11) is 0. The first-order valence-corrected chi connectivity index (χ1v) is 4.45. The zero-order valence-electron chi connectivity index (χ0n) is 7.87. The predicted molar refractivity (Wildman–Crippen MR) is 47.5 cm³/mol. The van der Waals surface area contributed by atoms with E-state index in [2.05, 4.69) is 39.8 Å². The van der Waals surface area contributed by atoms with Gasteiger partial charge in [0.2, 0.25) is 0 Å². The van der Waals surface area contributed by atoms with Crippen LogP contribution in [0.2, 0.25) is 0 Å². The van der Waals surface area contributed by atoms with Crippen molar-refractivity contribution in [1.82, 2.24) is 0 Å². The summed E-state index contributed by atoms with van der Waals surface area (Å²) in [6, 6.07) is 0. The highest BCUT2D eigenvalue weighted by Crippen LogP contribution is 2.22. The molecule has 1 aliphatic heterocycles. The lowest BCUT2D eigenvalue weighted by atomic mass is 10.1. The molecule has 0 bridgehead atoms. The highest BCUT2D eigenvalue weighted by atomic mass is 16.5. The minimum Gasteiger partial charge on any atom is -0.366 e. The fourth-order valence-corrected chi connectivity index (χ4v) is 1.25. The Morgan fingerprint density at radius 1 is 0.909 bits per heavy atom. The fraction of sp³-hybridized carbons (Fsp3) is 0.800. The minimum absolute atomic E-state index is 0.349. The smallest absolute Gasteiger partial charge is 0.0787 e. The van der Waals surface area contributed by atoms with Gasteiger partial charge in [0.05, 0.1) is 12.2 Å². The van der Waals surface area contributed by atoms with Gasteiger partial charge in [-0.05, 0) is 11.8 Å². The van der Waals surface area contributed by atoms with E-state index in [0.717, 1.165) is 0 Å². The van der Waals surface area contributed by atoms with Crippen LogP contribution in [0.5, 0.6) is 0 Å². The van der Waals surface area contributed by atoms with Crippen LogP contribution in [-0.4, -0.2) is 12.2 Å². The molecule has 64 valence electrons. The maximum Gasteiger partial charge on any atom is 0.0787 e. The van der Waals surface area contributed by atoms with E-state index in [9.17, 15) is 0 Å². The third-order valence-corrected chi connectivity index (χ3v) is 2.12. The van der Waals surface area contributed by atoms with Gasteiger partial charge in [-0.15, -0.1) is 0 Å². The summed E-state index contributed by atoms with van der Waals surface area (Å²) in [4.78, 5) is 0. The van der Waals surface area contributed by atoms with Crippen LogP contribution in [0.25, 0.3) is 0 Å². The molecule has 0 aromatic rings. The Morgan fingerprint density at radius 3 is 1.45 bits per heavy atom. The second-order valence-corrected chi connectivity index (χ2v) is 3.94. The van der Waals surface area contributed by atoms with Gasteiger partial charge in [-0.1, -0.05) is 39.8 Å². The molecular formula is C10H18O. The topological polar surface area (TPSA) is 9.23 Å². The summed E-state index contributed by atoms with van der Waals surface area (Å²) >= 11 is 0. The number of hydrogen-bond acceptors (Lipinski definition) is 1. The maximum absolute atomic E-state index is 5.77. The molecule has 1 rings (SSSR count). The summed E-state index contributed by atoms with van der Waals surface area (Å²) < 4.78 is 5.77. The molecule has 0 saturated carbocycles. The van der Waals surface area contributed by atoms with E-state index in [0.29, 0.717) is 24.0 Å². The highest BCUT2D eigenvalue weighted by Gasteiger charge is 2.23. The van der Waals surface area contributed by atoms with E-state index in [1.54, 1.807) is 0 Å². The van der Waals surface area contributed by atoms with E-state index in [4.69, 9.17) is 4.74 Å². The van der Waals surface area contributed by atoms with Crippen molar-refractivity contribution < 1.29 is 4.74 Å². The molecule has 0 spiro atoms. The monoisotopic (exact) mass is 154 g/mol. The lowest BCUT2D eigenvalue weighted by Gasteiger charge is -2.19. The lowest BCUT2D eigenvalue weighted by molar-refractivity contribution is 0.0127. The third kappa shape index (κ3) is 2.06. The summed E-state index contributed by atoms with van der Waals surface area (Å²) in [6.07, 6.45) is 5.08. The van der Waals surface area contributed by atoms with Crippen molar-refractivity contribution in [2.75, 3.05) is 0 Å². The number of rotatable bonds is 2. The van der Waals surface area contributed by atoms with Crippen LogP contribution in [0.1, 0.15) is 27.7 Å². The first-order chi connectivity index (χ1) is 5.11. The van der Waals surface area contributed by atoms with Gasteiger partial charge < -0.3 is 4.74 Å². The molecule has 1 heterocycles. The van der Waals surface area contributed by atoms with Crippen LogP contribution in [-0.2, 0) is 4.74 Å². The van der Waals surface area contributed by atoms with Crippen molar-refractivity contribution in [3.63, 3.8) is 0 Å². The first-order valence-electron chi connectivity index (χ1n) is 4.45. The molecule has 11 heavy (non-hydrogen) atoms. The van der Waals surface area contributed by atoms with Gasteiger partial charge in [0.15, 0.2) is 0 Å². The van der Waals surface area contributed by atoms with E-state index in [1.165, 1.54) is 0 Å². The van der Waals surface area contributed by atoms with Crippen molar-refractivity contribution in [2.45, 2.75) is 39.9 Å². The maximum atomic E-state index is 5.77. The molecule has 1 heteroatoms. The largest absolute Gasteiger partial charge is 0.366 e. The summed E-state index contributed by atoms with van der Waals surface area (Å²) in [5, 5.41) is 0. The van der Waals surface area contributed by atoms with Crippen LogP contribution in [0, 0.1) is 11.8 Å². The molecule has 0 aromatic carbocycles. The molecule has 1 aliphatic rings. The number of hydrogen-bond donors (Lipinski definition) is 0. The van der Waals surface area contributed by atoms with E-state index in [1.807, 2.05) is 0 Å². The molecule has 0 aromatic heterocycles. The SMILES string of the molecule is CC(C)[C@@H]1C=C[C@H](C(C)C)O1. The Balaban J connectivity index is 2.43. The normalized spacial score (nSPS) is 30.7. The van der Waals surface area contributed by atoms with Gasteiger partial charge in [-0.3, -0.25) is 0 Å². The Labute approximate surface area is 69.4 Å². The molecule has 0 fully saturated rings. The second-order valence-electron chi connectivity index (χ2n) is 3.94. The summed E-state index contributed by atoms with van der Waals surface area (Å²) in [5.74, 6) is 1.21. The van der Waals surface area contributed by atoms with Gasteiger partial charge in [-0.25, -0.2) is 0 Å². The second kappa shape index (κ2) is 3.40. The zero-order chi connectivity index (χ0) is 8.43. The third-order valence-electron chi connectivity index (χ3n) is 2.12. The van der Waals surface area contributed by atoms with E-state index in [-0.39, 0.29) is 0 Å². The standard InChI is InChI=1S/C10H18O/c1-7(2)9-5-6-10(11-9)8(3)4/h5-10H,1-4H3/t9-,10+. The quantitative estimate of drug-likeness (QED) is 0.555. The Kier molecular flexibility index (Phi) is 2.72. The molecular weight excluding hydrogens is 136 g/mol. The van der Waals surface area contributed by atoms with Crippen LogP contribution in [0.4, 0.5) is 0 Å². The lowest BCUT2D eigenvalue weighted by Crippen LogP contribution is -2.20. The van der Waals surface area contributed by atoms with Crippen molar-refractivity contribution in [3.8, 4) is 0 Å². The van der Waals surface area contributed by atoms with Crippen LogP contribution in [0.3, 0.4) is 0 Å². The van der Waals surface area contributed by atoms with Crippen molar-refractivity contribution in [2.24, 2.45) is 11.8 Å². The molecule has 1 nitrogen and oxygen atoms in total. The number of ether oxygens (including phenoxy) is 1. The molecule has 0 N–H and O–H groups in total. The van der Waals surface area contributed by atoms with Gasteiger partial charge >= 0.3 is 0 Å². The Hall–Kier alpha value is -0.300. The van der Waals surface area contributed by atoms with Crippen LogP contribution >= 0.6 is 0 Å². The summed E-state index contributed by atoms with van der Waals surface area (Å²) in [5.41, 5.74) is 0. The van der Waals surface area contributed by atoms with Crippen molar-refractivity contribution >= 4 is 0 Å². The average Bonchev–Trinajstić information content (AvgIpc) is 2.33. The van der Waals surface area contributed by atoms with Crippen LogP contribution in [0.15, 0.2) is 12.2 Å². The summed E-state index contributed by atoms with van der Waals surface area (Å²) in [6.45, 7) is 8.77. The predicted octanol–water partition coefficient (Wildman–Crippen LogP) is 2.62. The van der Waals surface area contributed by atoms with Crippen molar-refractivity contribution in [1.29, 1.82) is 0 Å². The van der Waals surface area contributed by atoms with Crippen LogP contribution < -0.4 is 0 Å². The highest BCUT2D eigenvalue weighted by molar-refractivity contribution is 5.03. The van der Waals surface area contributed by atoms with Crippen molar-refractivity contribution in [3.05, 3.63) is 12.2 Å². The molecule has 0 radical (unpaired) electrons. The van der Waals surface area contributed by atoms with E-state index >= 15 is 0 Å². The van der Waals surface area contributed by atoms with Gasteiger partial charge in [0, 0.05) is 0 Å². The first kappa shape index (κ1) is 8.79. The molecule has 0 saturated heterocycles. The van der Waals surface area contributed by atoms with E-state index < -0.39 is 0 Å². The molecule has 0 aliphatic carbocycles. The van der Waals surface area contributed by atoms with Gasteiger partial charge in [-0.2, -0.15) is 0 Å². The molecule has 0 amide bonds. The molecule has 2 atom stereocenters. The molecule has 0 unspecified atom stereocenters.